The minimum Gasteiger partial charge on any atom is -0.362 e. The van der Waals surface area contributed by atoms with Crippen molar-refractivity contribution < 1.29 is 4.74 Å². The van der Waals surface area contributed by atoms with Crippen molar-refractivity contribution in [2.45, 2.75) is 51.4 Å². The highest BCUT2D eigenvalue weighted by molar-refractivity contribution is 5.95. The second kappa shape index (κ2) is 4.54. The average Bonchev–Trinajstić information content (AvgIpc) is 3.08. The first-order valence-electron chi connectivity index (χ1n) is 8.08. The lowest BCUT2D eigenvalue weighted by atomic mass is 9.71. The summed E-state index contributed by atoms with van der Waals surface area (Å²) in [5.74, 6) is 0.478. The third-order valence-electron chi connectivity index (χ3n) is 5.53. The van der Waals surface area contributed by atoms with Crippen molar-refractivity contribution in [3.05, 3.63) is 48.0 Å². The van der Waals surface area contributed by atoms with Crippen LogP contribution >= 0.6 is 0 Å². The Hall–Kier alpha value is -1.41. The lowest BCUT2D eigenvalue weighted by Gasteiger charge is -2.46. The lowest BCUT2D eigenvalue weighted by Crippen LogP contribution is -2.53. The summed E-state index contributed by atoms with van der Waals surface area (Å²) >= 11 is 0. The molecule has 0 unspecified atom stereocenters. The summed E-state index contributed by atoms with van der Waals surface area (Å²) in [6, 6.07) is 10.6. The molecule has 0 radical (unpaired) electrons. The lowest BCUT2D eigenvalue weighted by molar-refractivity contribution is -0.0839. The quantitative estimate of drug-likeness (QED) is 0.746. The Morgan fingerprint density at radius 3 is 2.86 bits per heavy atom. The molecule has 1 saturated carbocycles. The molecule has 21 heavy (non-hydrogen) atoms. The standard InChI is InChI=1S/C19H23NO/c1-18(2)16-10-12-19(21-16)11-6-9-15(19)17(18)20-13-14-7-4-3-5-8-14/h3-5,7-8,10,12,15-16H,6,9,11,13H2,1-2H3/t15-,16-,19+/m0/s1. The van der Waals surface area contributed by atoms with Crippen molar-refractivity contribution in [1.29, 1.82) is 0 Å². The van der Waals surface area contributed by atoms with E-state index in [-0.39, 0.29) is 17.1 Å². The summed E-state index contributed by atoms with van der Waals surface area (Å²) in [6.07, 6.45) is 8.44. The summed E-state index contributed by atoms with van der Waals surface area (Å²) in [5.41, 5.74) is 2.65. The topological polar surface area (TPSA) is 21.6 Å². The Morgan fingerprint density at radius 2 is 2.05 bits per heavy atom. The smallest absolute Gasteiger partial charge is 0.0952 e. The largest absolute Gasteiger partial charge is 0.362 e. The number of fused-ring (bicyclic) bond motifs is 1. The highest BCUT2D eigenvalue weighted by atomic mass is 16.5. The zero-order valence-corrected chi connectivity index (χ0v) is 12.9. The maximum Gasteiger partial charge on any atom is 0.0952 e. The van der Waals surface area contributed by atoms with E-state index in [9.17, 15) is 0 Å². The van der Waals surface area contributed by atoms with E-state index in [1.807, 2.05) is 0 Å². The van der Waals surface area contributed by atoms with Gasteiger partial charge in [-0.1, -0.05) is 56.3 Å². The fourth-order valence-electron chi connectivity index (χ4n) is 4.33. The second-order valence-corrected chi connectivity index (χ2v) is 7.21. The third-order valence-corrected chi connectivity index (χ3v) is 5.53. The molecule has 2 fully saturated rings. The molecule has 2 nitrogen and oxygen atoms in total. The molecule has 1 aliphatic carbocycles. The van der Waals surface area contributed by atoms with E-state index >= 15 is 0 Å². The summed E-state index contributed by atoms with van der Waals surface area (Å²) in [5, 5.41) is 0. The maximum absolute atomic E-state index is 6.41. The monoisotopic (exact) mass is 281 g/mol. The molecule has 0 amide bonds. The molecule has 0 N–H and O–H groups in total. The molecule has 1 spiro atoms. The van der Waals surface area contributed by atoms with Crippen LogP contribution in [0.3, 0.4) is 0 Å². The van der Waals surface area contributed by atoms with Crippen LogP contribution in [0.25, 0.3) is 0 Å². The van der Waals surface area contributed by atoms with Gasteiger partial charge in [0.25, 0.3) is 0 Å². The molecule has 2 heterocycles. The van der Waals surface area contributed by atoms with Crippen molar-refractivity contribution in [3.8, 4) is 0 Å². The molecule has 3 atom stereocenters. The number of benzene rings is 1. The van der Waals surface area contributed by atoms with Crippen molar-refractivity contribution in [1.82, 2.24) is 0 Å². The molecular weight excluding hydrogens is 258 g/mol. The molecule has 2 heteroatoms. The molecule has 3 aliphatic rings. The molecule has 2 aliphatic heterocycles. The molecule has 1 aromatic carbocycles. The Kier molecular flexibility index (Phi) is 2.87. The highest BCUT2D eigenvalue weighted by Crippen LogP contribution is 2.54. The van der Waals surface area contributed by atoms with Gasteiger partial charge in [-0.2, -0.15) is 0 Å². The SMILES string of the molecule is CC1(C)C(=NCc2ccccc2)[C@@H]2CCC[C@@]23C=C[C@@H]1O3. The van der Waals surface area contributed by atoms with Crippen LogP contribution in [0.15, 0.2) is 47.5 Å². The Morgan fingerprint density at radius 1 is 1.24 bits per heavy atom. The predicted octanol–water partition coefficient (Wildman–Crippen LogP) is 4.16. The molecule has 0 aromatic heterocycles. The minimum atomic E-state index is -0.0320. The summed E-state index contributed by atoms with van der Waals surface area (Å²) in [6.45, 7) is 5.37. The zero-order chi connectivity index (χ0) is 14.5. The van der Waals surface area contributed by atoms with Gasteiger partial charge in [-0.15, -0.1) is 0 Å². The first-order valence-corrected chi connectivity index (χ1v) is 8.08. The predicted molar refractivity (Wildman–Crippen MR) is 85.4 cm³/mol. The summed E-state index contributed by atoms with van der Waals surface area (Å²) in [7, 11) is 0. The van der Waals surface area contributed by atoms with E-state index in [0.717, 1.165) is 13.0 Å². The van der Waals surface area contributed by atoms with Crippen LogP contribution in [-0.2, 0) is 11.3 Å². The molecule has 4 rings (SSSR count). The number of hydrogen-bond acceptors (Lipinski definition) is 2. The first kappa shape index (κ1) is 13.3. The van der Waals surface area contributed by atoms with Crippen LogP contribution in [0, 0.1) is 11.3 Å². The molecule has 1 saturated heterocycles. The van der Waals surface area contributed by atoms with Gasteiger partial charge in [0.2, 0.25) is 0 Å². The fraction of sp³-hybridized carbons (Fsp3) is 0.526. The van der Waals surface area contributed by atoms with E-state index in [2.05, 4.69) is 56.3 Å². The van der Waals surface area contributed by atoms with Crippen LogP contribution < -0.4 is 0 Å². The number of hydrogen-bond donors (Lipinski definition) is 0. The third kappa shape index (κ3) is 1.92. The normalized spacial score (nSPS) is 37.9. The molecule has 110 valence electrons. The van der Waals surface area contributed by atoms with Crippen molar-refractivity contribution in [3.63, 3.8) is 0 Å². The fourth-order valence-corrected chi connectivity index (χ4v) is 4.33. The number of aliphatic imine (C=N–C) groups is 1. The Labute approximate surface area is 126 Å². The van der Waals surface area contributed by atoms with Gasteiger partial charge in [-0.3, -0.25) is 4.99 Å². The molecular formula is C19H23NO. The van der Waals surface area contributed by atoms with E-state index in [4.69, 9.17) is 9.73 Å². The summed E-state index contributed by atoms with van der Waals surface area (Å²) in [4.78, 5) is 5.08. The van der Waals surface area contributed by atoms with Gasteiger partial charge in [0.1, 0.15) is 0 Å². The van der Waals surface area contributed by atoms with Crippen LogP contribution in [0.2, 0.25) is 0 Å². The van der Waals surface area contributed by atoms with Gasteiger partial charge in [-0.25, -0.2) is 0 Å². The van der Waals surface area contributed by atoms with Gasteiger partial charge in [0, 0.05) is 17.0 Å². The molecule has 2 bridgehead atoms. The van der Waals surface area contributed by atoms with E-state index in [1.54, 1.807) is 0 Å². The van der Waals surface area contributed by atoms with E-state index < -0.39 is 0 Å². The average molecular weight is 281 g/mol. The number of rotatable bonds is 2. The second-order valence-electron chi connectivity index (χ2n) is 7.21. The Bertz CT molecular complexity index is 601. The first-order chi connectivity index (χ1) is 10.1. The van der Waals surface area contributed by atoms with Gasteiger partial charge >= 0.3 is 0 Å². The van der Waals surface area contributed by atoms with E-state index in [1.165, 1.54) is 24.1 Å². The van der Waals surface area contributed by atoms with Crippen LogP contribution in [0.4, 0.5) is 0 Å². The van der Waals surface area contributed by atoms with Crippen LogP contribution in [-0.4, -0.2) is 17.4 Å². The van der Waals surface area contributed by atoms with Crippen molar-refractivity contribution in [2.24, 2.45) is 16.3 Å². The van der Waals surface area contributed by atoms with E-state index in [0.29, 0.717) is 5.92 Å². The van der Waals surface area contributed by atoms with Gasteiger partial charge in [-0.05, 0) is 24.8 Å². The van der Waals surface area contributed by atoms with Gasteiger partial charge in [0.15, 0.2) is 0 Å². The molecule has 1 aromatic rings. The van der Waals surface area contributed by atoms with Crippen LogP contribution in [0.5, 0.6) is 0 Å². The zero-order valence-electron chi connectivity index (χ0n) is 12.9. The van der Waals surface area contributed by atoms with Gasteiger partial charge < -0.3 is 4.74 Å². The number of nitrogens with zero attached hydrogens (tertiary/aromatic N) is 1. The Balaban J connectivity index is 1.69. The minimum absolute atomic E-state index is 0.0142. The number of ether oxygens (including phenoxy) is 1. The maximum atomic E-state index is 6.41. The summed E-state index contributed by atoms with van der Waals surface area (Å²) < 4.78 is 6.41. The van der Waals surface area contributed by atoms with Gasteiger partial charge in [0.05, 0.1) is 18.2 Å². The van der Waals surface area contributed by atoms with Crippen LogP contribution in [0.1, 0.15) is 38.7 Å². The van der Waals surface area contributed by atoms with Crippen molar-refractivity contribution >= 4 is 5.71 Å². The van der Waals surface area contributed by atoms with Crippen molar-refractivity contribution in [2.75, 3.05) is 0 Å². The highest BCUT2D eigenvalue weighted by Gasteiger charge is 2.58.